The van der Waals surface area contributed by atoms with Crippen molar-refractivity contribution in [3.8, 4) is 0 Å². The van der Waals surface area contributed by atoms with Crippen molar-refractivity contribution in [2.75, 3.05) is 5.32 Å². The number of aryl methyl sites for hydroxylation is 1. The maximum atomic E-state index is 13.5. The lowest BCUT2D eigenvalue weighted by Crippen LogP contribution is -2.57. The first-order chi connectivity index (χ1) is 7.41. The Morgan fingerprint density at radius 2 is 2.12 bits per heavy atom. The lowest BCUT2D eigenvalue weighted by atomic mass is 9.64. The van der Waals surface area contributed by atoms with Crippen LogP contribution in [0.2, 0.25) is 0 Å². The summed E-state index contributed by atoms with van der Waals surface area (Å²) in [7, 11) is 0. The van der Waals surface area contributed by atoms with Crippen LogP contribution in [-0.2, 0) is 0 Å². The van der Waals surface area contributed by atoms with Gasteiger partial charge in [0.15, 0.2) is 0 Å². The Kier molecular flexibility index (Phi) is 2.66. The molecule has 2 unspecified atom stereocenters. The third kappa shape index (κ3) is 1.80. The highest BCUT2D eigenvalue weighted by molar-refractivity contribution is 5.49. The summed E-state index contributed by atoms with van der Waals surface area (Å²) in [6.45, 7) is 5.92. The van der Waals surface area contributed by atoms with Crippen LogP contribution in [0.1, 0.15) is 25.8 Å². The zero-order valence-corrected chi connectivity index (χ0v) is 9.92. The molecule has 88 valence electrons. The van der Waals surface area contributed by atoms with E-state index in [1.54, 1.807) is 12.1 Å². The van der Waals surface area contributed by atoms with Gasteiger partial charge in [0.2, 0.25) is 0 Å². The highest BCUT2D eigenvalue weighted by Gasteiger charge is 2.47. The van der Waals surface area contributed by atoms with E-state index < -0.39 is 0 Å². The van der Waals surface area contributed by atoms with Gasteiger partial charge in [-0.2, -0.15) is 0 Å². The zero-order valence-electron chi connectivity index (χ0n) is 9.92. The number of anilines is 1. The largest absolute Gasteiger partial charge is 0.392 e. The molecule has 0 aromatic heterocycles. The first-order valence-electron chi connectivity index (χ1n) is 5.62. The van der Waals surface area contributed by atoms with Crippen LogP contribution < -0.4 is 5.32 Å². The monoisotopic (exact) mass is 223 g/mol. The second-order valence-corrected chi connectivity index (χ2v) is 5.25. The van der Waals surface area contributed by atoms with Gasteiger partial charge in [-0.3, -0.25) is 0 Å². The molecule has 2 N–H and O–H groups in total. The second-order valence-electron chi connectivity index (χ2n) is 5.25. The minimum Gasteiger partial charge on any atom is -0.392 e. The lowest BCUT2D eigenvalue weighted by Gasteiger charge is -2.49. The molecule has 1 aromatic rings. The smallest absolute Gasteiger partial charge is 0.146 e. The Labute approximate surface area is 95.5 Å². The number of halogens is 1. The van der Waals surface area contributed by atoms with E-state index in [2.05, 4.69) is 5.32 Å². The molecule has 1 fully saturated rings. The molecule has 1 aliphatic carbocycles. The first-order valence-corrected chi connectivity index (χ1v) is 5.62. The summed E-state index contributed by atoms with van der Waals surface area (Å²) in [5, 5.41) is 12.8. The number of nitrogens with one attached hydrogen (secondary N) is 1. The molecule has 0 spiro atoms. The Bertz CT molecular complexity index is 403. The first kappa shape index (κ1) is 11.4. The van der Waals surface area contributed by atoms with Crippen molar-refractivity contribution in [3.05, 3.63) is 29.6 Å². The van der Waals surface area contributed by atoms with E-state index in [-0.39, 0.29) is 23.4 Å². The molecule has 0 heterocycles. The summed E-state index contributed by atoms with van der Waals surface area (Å²) in [6, 6.07) is 5.16. The van der Waals surface area contributed by atoms with Crippen LogP contribution in [0, 0.1) is 18.2 Å². The molecule has 1 aromatic carbocycles. The van der Waals surface area contributed by atoms with Gasteiger partial charge in [0.1, 0.15) is 5.82 Å². The Balaban J connectivity index is 2.13. The fourth-order valence-electron chi connectivity index (χ4n) is 2.08. The standard InChI is InChI=1S/C13H18FNO/c1-8-4-5-9(14)10(6-8)15-11-7-12(16)13(11,2)3/h4-6,11-12,15-16H,7H2,1-3H3. The van der Waals surface area contributed by atoms with Gasteiger partial charge in [0, 0.05) is 11.5 Å². The molecule has 0 bridgehead atoms. The third-order valence-electron chi connectivity index (χ3n) is 3.67. The molecule has 0 saturated heterocycles. The van der Waals surface area contributed by atoms with Crippen molar-refractivity contribution < 1.29 is 9.50 Å². The van der Waals surface area contributed by atoms with Crippen LogP contribution in [0.15, 0.2) is 18.2 Å². The third-order valence-corrected chi connectivity index (χ3v) is 3.67. The average Bonchev–Trinajstić information content (AvgIpc) is 2.23. The molecule has 2 atom stereocenters. The topological polar surface area (TPSA) is 32.3 Å². The van der Waals surface area contributed by atoms with E-state index in [1.807, 2.05) is 20.8 Å². The minimum absolute atomic E-state index is 0.138. The minimum atomic E-state index is -0.294. The summed E-state index contributed by atoms with van der Waals surface area (Å²) in [6.07, 6.45) is 0.387. The van der Waals surface area contributed by atoms with E-state index in [0.717, 1.165) is 5.56 Å². The Morgan fingerprint density at radius 3 is 2.69 bits per heavy atom. The Morgan fingerprint density at radius 1 is 1.44 bits per heavy atom. The number of aliphatic hydroxyl groups excluding tert-OH is 1. The van der Waals surface area contributed by atoms with Crippen LogP contribution in [0.25, 0.3) is 0 Å². The SMILES string of the molecule is Cc1ccc(F)c(NC2CC(O)C2(C)C)c1. The molecule has 3 heteroatoms. The van der Waals surface area contributed by atoms with Crippen molar-refractivity contribution in [2.45, 2.75) is 39.3 Å². The predicted molar refractivity (Wildman–Crippen MR) is 63.0 cm³/mol. The molecule has 2 nitrogen and oxygen atoms in total. The van der Waals surface area contributed by atoms with E-state index in [9.17, 15) is 9.50 Å². The summed E-state index contributed by atoms with van der Waals surface area (Å²) in [4.78, 5) is 0. The van der Waals surface area contributed by atoms with Crippen molar-refractivity contribution in [3.63, 3.8) is 0 Å². The number of hydrogen-bond donors (Lipinski definition) is 2. The second kappa shape index (κ2) is 3.74. The van der Waals surface area contributed by atoms with Gasteiger partial charge in [0.05, 0.1) is 11.8 Å². The summed E-state index contributed by atoms with van der Waals surface area (Å²) < 4.78 is 13.5. The van der Waals surface area contributed by atoms with Crippen molar-refractivity contribution in [1.29, 1.82) is 0 Å². The number of hydrogen-bond acceptors (Lipinski definition) is 2. The summed E-state index contributed by atoms with van der Waals surface area (Å²) >= 11 is 0. The number of rotatable bonds is 2. The van der Waals surface area contributed by atoms with Gasteiger partial charge in [-0.15, -0.1) is 0 Å². The van der Waals surface area contributed by atoms with Crippen LogP contribution in [0.4, 0.5) is 10.1 Å². The van der Waals surface area contributed by atoms with E-state index in [0.29, 0.717) is 12.1 Å². The summed E-state index contributed by atoms with van der Waals surface area (Å²) in [5.74, 6) is -0.234. The van der Waals surface area contributed by atoms with Crippen molar-refractivity contribution in [2.24, 2.45) is 5.41 Å². The van der Waals surface area contributed by atoms with E-state index in [1.165, 1.54) is 6.07 Å². The van der Waals surface area contributed by atoms with Crippen LogP contribution in [0.5, 0.6) is 0 Å². The summed E-state index contributed by atoms with van der Waals surface area (Å²) in [5.41, 5.74) is 1.38. The van der Waals surface area contributed by atoms with Crippen LogP contribution in [0.3, 0.4) is 0 Å². The quantitative estimate of drug-likeness (QED) is 0.808. The average molecular weight is 223 g/mol. The molecule has 0 aliphatic heterocycles. The highest BCUT2D eigenvalue weighted by Crippen LogP contribution is 2.42. The van der Waals surface area contributed by atoms with Gasteiger partial charge in [-0.25, -0.2) is 4.39 Å². The Hall–Kier alpha value is -1.09. The fourth-order valence-corrected chi connectivity index (χ4v) is 2.08. The van der Waals surface area contributed by atoms with Gasteiger partial charge in [-0.05, 0) is 31.0 Å². The van der Waals surface area contributed by atoms with Crippen molar-refractivity contribution >= 4 is 5.69 Å². The lowest BCUT2D eigenvalue weighted by molar-refractivity contribution is -0.0511. The molecule has 1 saturated carbocycles. The molecule has 0 radical (unpaired) electrons. The maximum absolute atomic E-state index is 13.5. The highest BCUT2D eigenvalue weighted by atomic mass is 19.1. The molecule has 0 amide bonds. The molecular formula is C13H18FNO. The van der Waals surface area contributed by atoms with Gasteiger partial charge in [0.25, 0.3) is 0 Å². The van der Waals surface area contributed by atoms with Gasteiger partial charge < -0.3 is 10.4 Å². The number of benzene rings is 1. The van der Waals surface area contributed by atoms with Crippen molar-refractivity contribution in [1.82, 2.24) is 0 Å². The molecule has 2 rings (SSSR count). The van der Waals surface area contributed by atoms with E-state index >= 15 is 0 Å². The predicted octanol–water partition coefficient (Wildman–Crippen LogP) is 2.71. The maximum Gasteiger partial charge on any atom is 0.146 e. The molecular weight excluding hydrogens is 205 g/mol. The zero-order chi connectivity index (χ0) is 11.9. The van der Waals surface area contributed by atoms with Crippen LogP contribution >= 0.6 is 0 Å². The molecule has 1 aliphatic rings. The van der Waals surface area contributed by atoms with Crippen LogP contribution in [-0.4, -0.2) is 17.3 Å². The van der Waals surface area contributed by atoms with E-state index in [4.69, 9.17) is 0 Å². The van der Waals surface area contributed by atoms with Gasteiger partial charge in [-0.1, -0.05) is 19.9 Å². The molecule has 16 heavy (non-hydrogen) atoms. The fraction of sp³-hybridized carbons (Fsp3) is 0.538. The number of aliphatic hydroxyl groups is 1. The van der Waals surface area contributed by atoms with Gasteiger partial charge >= 0.3 is 0 Å². The normalized spacial score (nSPS) is 27.3.